The number of hydrogen-bond donors (Lipinski definition) is 0. The second-order valence-electron chi connectivity index (χ2n) is 6.64. The normalized spacial score (nSPS) is 11.8. The van der Waals surface area contributed by atoms with Gasteiger partial charge in [0.25, 0.3) is 0 Å². The highest BCUT2D eigenvalue weighted by atomic mass is 35.5. The molecule has 0 fully saturated rings. The Morgan fingerprint density at radius 1 is 0.393 bits per heavy atom. The van der Waals surface area contributed by atoms with Crippen LogP contribution in [0.15, 0.2) is 67.7 Å². The lowest BCUT2D eigenvalue weighted by Crippen LogP contribution is -2.17. The van der Waals surface area contributed by atoms with E-state index in [1.807, 2.05) is 0 Å². The van der Waals surface area contributed by atoms with Crippen molar-refractivity contribution < 1.29 is 0 Å². The summed E-state index contributed by atoms with van der Waals surface area (Å²) >= 11 is 11.9. The summed E-state index contributed by atoms with van der Waals surface area (Å²) < 4.78 is 0. The largest absolute Gasteiger partial charge is 0.289 e. The highest BCUT2D eigenvalue weighted by Gasteiger charge is 2.16. The minimum absolute atomic E-state index is 0.0945. The molecule has 0 saturated carbocycles. The highest BCUT2D eigenvalue weighted by molar-refractivity contribution is 6.31. The van der Waals surface area contributed by atoms with Crippen molar-refractivity contribution in [1.29, 1.82) is 0 Å². The molecule has 5 aromatic carbocycles. The van der Waals surface area contributed by atoms with E-state index in [2.05, 4.69) is 0 Å². The summed E-state index contributed by atoms with van der Waals surface area (Å²) in [4.78, 5) is 51.7. The topological polar surface area (TPSA) is 68.3 Å². The fourth-order valence-corrected chi connectivity index (χ4v) is 4.08. The predicted octanol–water partition coefficient (Wildman–Crippen LogP) is 3.92. The van der Waals surface area contributed by atoms with Crippen molar-refractivity contribution >= 4 is 66.3 Å². The van der Waals surface area contributed by atoms with Crippen LogP contribution in [0.5, 0.6) is 0 Å². The van der Waals surface area contributed by atoms with Gasteiger partial charge in [-0.05, 0) is 48.5 Å². The summed E-state index contributed by atoms with van der Waals surface area (Å²) in [5.41, 5.74) is -1.59. The summed E-state index contributed by atoms with van der Waals surface area (Å²) in [5, 5.41) is 1.87. The van der Waals surface area contributed by atoms with Crippen LogP contribution < -0.4 is 21.7 Å². The first-order valence-corrected chi connectivity index (χ1v) is 9.08. The van der Waals surface area contributed by atoms with Gasteiger partial charge in [-0.25, -0.2) is 0 Å². The smallest absolute Gasteiger partial charge is 0.194 e. The van der Waals surface area contributed by atoms with Crippen molar-refractivity contribution in [1.82, 2.24) is 0 Å². The lowest BCUT2D eigenvalue weighted by atomic mass is 9.96. The van der Waals surface area contributed by atoms with Crippen LogP contribution in [0.2, 0.25) is 10.0 Å². The molecule has 6 heteroatoms. The molecule has 0 atom stereocenters. The van der Waals surface area contributed by atoms with Crippen LogP contribution in [0.25, 0.3) is 43.1 Å². The zero-order chi connectivity index (χ0) is 19.7. The molecule has 0 N–H and O–H groups in total. The van der Waals surface area contributed by atoms with E-state index in [9.17, 15) is 19.2 Å². The van der Waals surface area contributed by atoms with Gasteiger partial charge in [-0.2, -0.15) is 0 Å². The molecule has 0 aliphatic heterocycles. The lowest BCUT2D eigenvalue weighted by molar-refractivity contribution is 1.64. The van der Waals surface area contributed by atoms with E-state index in [1.165, 1.54) is 48.5 Å². The zero-order valence-corrected chi connectivity index (χ0v) is 15.5. The van der Waals surface area contributed by atoms with Crippen LogP contribution in [0.1, 0.15) is 0 Å². The van der Waals surface area contributed by atoms with Gasteiger partial charge in [0.1, 0.15) is 0 Å². The van der Waals surface area contributed by atoms with E-state index in [0.717, 1.165) is 0 Å². The molecule has 0 heterocycles. The summed E-state index contributed by atoms with van der Waals surface area (Å²) in [5.74, 6) is 0. The van der Waals surface area contributed by atoms with E-state index < -0.39 is 10.9 Å². The standard InChI is InChI=1S/C22H8Cl2O4/c23-9-1-3-11-13(5-9)21(27)17-8-16-18(7-15(17)19(11)25)22(28)14-6-10(24)2-4-12(14)20(16)26/h1-8H. The van der Waals surface area contributed by atoms with Crippen molar-refractivity contribution in [2.45, 2.75) is 0 Å². The summed E-state index contributed by atoms with van der Waals surface area (Å²) in [7, 11) is 0. The summed E-state index contributed by atoms with van der Waals surface area (Å²) in [6, 6.07) is 11.6. The van der Waals surface area contributed by atoms with Crippen LogP contribution in [-0.2, 0) is 0 Å². The molecule has 28 heavy (non-hydrogen) atoms. The monoisotopic (exact) mass is 406 g/mol. The average Bonchev–Trinajstić information content (AvgIpc) is 2.69. The Morgan fingerprint density at radius 2 is 0.679 bits per heavy atom. The maximum Gasteiger partial charge on any atom is 0.194 e. The molecule has 0 unspecified atom stereocenters. The Labute approximate surface area is 165 Å². The summed E-state index contributed by atoms with van der Waals surface area (Å²) in [6.45, 7) is 0. The molecule has 0 aliphatic carbocycles. The first-order chi connectivity index (χ1) is 13.4. The molecule has 5 aromatic rings. The first-order valence-electron chi connectivity index (χ1n) is 8.33. The second-order valence-corrected chi connectivity index (χ2v) is 7.51. The van der Waals surface area contributed by atoms with Gasteiger partial charge in [-0.1, -0.05) is 23.2 Å². The van der Waals surface area contributed by atoms with Gasteiger partial charge in [-0.3, -0.25) is 19.2 Å². The molecular formula is C22H8Cl2O4. The fourth-order valence-electron chi connectivity index (χ4n) is 3.74. The van der Waals surface area contributed by atoms with Gasteiger partial charge in [0.2, 0.25) is 0 Å². The summed E-state index contributed by atoms with van der Waals surface area (Å²) in [6.07, 6.45) is 0. The molecule has 134 valence electrons. The molecule has 0 saturated heterocycles. The van der Waals surface area contributed by atoms with Gasteiger partial charge >= 0.3 is 0 Å². The van der Waals surface area contributed by atoms with E-state index in [4.69, 9.17) is 23.2 Å². The number of hydrogen-bond acceptors (Lipinski definition) is 4. The third-order valence-corrected chi connectivity index (χ3v) is 5.55. The van der Waals surface area contributed by atoms with Crippen molar-refractivity contribution in [2.75, 3.05) is 0 Å². The number of fused-ring (bicyclic) bond motifs is 4. The van der Waals surface area contributed by atoms with E-state index >= 15 is 0 Å². The van der Waals surface area contributed by atoms with Crippen LogP contribution in [0, 0.1) is 0 Å². The molecule has 0 bridgehead atoms. The van der Waals surface area contributed by atoms with E-state index in [1.54, 1.807) is 0 Å². The van der Waals surface area contributed by atoms with Crippen LogP contribution >= 0.6 is 23.2 Å². The van der Waals surface area contributed by atoms with Crippen LogP contribution in [-0.4, -0.2) is 0 Å². The first kappa shape index (κ1) is 17.0. The number of rotatable bonds is 0. The average molecular weight is 407 g/mol. The molecule has 0 aliphatic rings. The predicted molar refractivity (Wildman–Crippen MR) is 114 cm³/mol. The Kier molecular flexibility index (Phi) is 3.48. The Morgan fingerprint density at radius 3 is 1.04 bits per heavy atom. The maximum atomic E-state index is 12.9. The maximum absolute atomic E-state index is 12.9. The van der Waals surface area contributed by atoms with Crippen molar-refractivity contribution in [3.8, 4) is 0 Å². The van der Waals surface area contributed by atoms with Crippen LogP contribution in [0.3, 0.4) is 0 Å². The van der Waals surface area contributed by atoms with Gasteiger partial charge in [0, 0.05) is 53.1 Å². The SMILES string of the molecule is O=c1c2ccc(Cl)cc2c(=O)c2cc3c(=O)c4ccc(Cl)cc4c(=O)c3cc12. The zero-order valence-electron chi connectivity index (χ0n) is 14.0. The molecule has 0 radical (unpaired) electrons. The van der Waals surface area contributed by atoms with Gasteiger partial charge in [-0.15, -0.1) is 0 Å². The van der Waals surface area contributed by atoms with Gasteiger partial charge in [0.15, 0.2) is 21.7 Å². The van der Waals surface area contributed by atoms with Gasteiger partial charge < -0.3 is 0 Å². The van der Waals surface area contributed by atoms with Crippen molar-refractivity contribution in [2.24, 2.45) is 0 Å². The molecule has 4 nitrogen and oxygen atoms in total. The molecular weight excluding hydrogens is 399 g/mol. The van der Waals surface area contributed by atoms with Crippen LogP contribution in [0.4, 0.5) is 0 Å². The minimum Gasteiger partial charge on any atom is -0.289 e. The molecule has 5 rings (SSSR count). The molecule has 0 aromatic heterocycles. The fraction of sp³-hybridized carbons (Fsp3) is 0. The molecule has 0 amide bonds. The number of benzene rings is 5. The number of halogens is 2. The molecule has 0 spiro atoms. The Hall–Kier alpha value is -3.08. The Balaban J connectivity index is 2.12. The van der Waals surface area contributed by atoms with Gasteiger partial charge in [0.05, 0.1) is 0 Å². The Bertz CT molecular complexity index is 1580. The second kappa shape index (κ2) is 5.71. The van der Waals surface area contributed by atoms with E-state index in [0.29, 0.717) is 10.0 Å². The van der Waals surface area contributed by atoms with E-state index in [-0.39, 0.29) is 53.9 Å². The highest BCUT2D eigenvalue weighted by Crippen LogP contribution is 2.22. The van der Waals surface area contributed by atoms with Crippen molar-refractivity contribution in [3.05, 3.63) is 99.5 Å². The third kappa shape index (κ3) is 2.19. The lowest BCUT2D eigenvalue weighted by Gasteiger charge is -2.05. The quantitative estimate of drug-likeness (QED) is 0.365. The van der Waals surface area contributed by atoms with Crippen molar-refractivity contribution in [3.63, 3.8) is 0 Å². The minimum atomic E-state index is -0.406. The third-order valence-electron chi connectivity index (χ3n) is 5.08.